The van der Waals surface area contributed by atoms with Crippen LogP contribution in [-0.4, -0.2) is 32.5 Å². The number of hydrogen-bond acceptors (Lipinski definition) is 4. The molecule has 1 saturated carbocycles. The van der Waals surface area contributed by atoms with E-state index in [9.17, 15) is 0 Å². The minimum Gasteiger partial charge on any atom is -0.392 e. The van der Waals surface area contributed by atoms with Gasteiger partial charge < -0.3 is 10.4 Å². The Balaban J connectivity index is 1.55. The van der Waals surface area contributed by atoms with Gasteiger partial charge in [-0.3, -0.25) is 0 Å². The maximum Gasteiger partial charge on any atom is 0.137 e. The van der Waals surface area contributed by atoms with Gasteiger partial charge in [0.15, 0.2) is 0 Å². The van der Waals surface area contributed by atoms with Crippen molar-refractivity contribution < 1.29 is 5.11 Å². The fourth-order valence-corrected chi connectivity index (χ4v) is 3.48. The Morgan fingerprint density at radius 2 is 2.00 bits per heavy atom. The van der Waals surface area contributed by atoms with Crippen LogP contribution in [0, 0.1) is 5.92 Å². The van der Waals surface area contributed by atoms with Crippen LogP contribution in [0.4, 0.5) is 0 Å². The van der Waals surface area contributed by atoms with Crippen molar-refractivity contribution in [3.05, 3.63) is 48.0 Å². The highest BCUT2D eigenvalue weighted by Crippen LogP contribution is 2.31. The van der Waals surface area contributed by atoms with Gasteiger partial charge >= 0.3 is 0 Å². The number of nitrogens with zero attached hydrogens (tertiary/aromatic N) is 3. The number of benzene rings is 1. The molecule has 2 aromatic rings. The van der Waals surface area contributed by atoms with Crippen LogP contribution in [0.3, 0.4) is 0 Å². The molecule has 0 radical (unpaired) electrons. The highest BCUT2D eigenvalue weighted by Gasteiger charge is 2.29. The highest BCUT2D eigenvalue weighted by atomic mass is 16.3. The van der Waals surface area contributed by atoms with Crippen LogP contribution in [0.1, 0.15) is 43.4 Å². The molecule has 1 aliphatic carbocycles. The Labute approximate surface area is 137 Å². The third-order valence-corrected chi connectivity index (χ3v) is 4.88. The van der Waals surface area contributed by atoms with Gasteiger partial charge in [-0.25, -0.2) is 9.67 Å². The van der Waals surface area contributed by atoms with Crippen LogP contribution >= 0.6 is 0 Å². The normalized spacial score (nSPS) is 24.7. The van der Waals surface area contributed by atoms with E-state index in [4.69, 9.17) is 5.11 Å². The highest BCUT2D eigenvalue weighted by molar-refractivity contribution is 5.22. The molecular formula is C18H26N4O. The molecule has 0 bridgehead atoms. The summed E-state index contributed by atoms with van der Waals surface area (Å²) < 4.78 is 2.02. The van der Waals surface area contributed by atoms with Crippen LogP contribution in [0.25, 0.3) is 0 Å². The number of aliphatic hydroxyl groups excluding tert-OH is 1. The molecule has 1 aliphatic rings. The molecule has 1 fully saturated rings. The Hall–Kier alpha value is -1.72. The molecule has 3 atom stereocenters. The van der Waals surface area contributed by atoms with Crippen LogP contribution in [-0.2, 0) is 13.0 Å². The van der Waals surface area contributed by atoms with E-state index in [-0.39, 0.29) is 6.61 Å². The van der Waals surface area contributed by atoms with E-state index in [1.54, 1.807) is 6.33 Å². The largest absolute Gasteiger partial charge is 0.392 e. The van der Waals surface area contributed by atoms with Crippen LogP contribution in [0.5, 0.6) is 0 Å². The van der Waals surface area contributed by atoms with Crippen molar-refractivity contribution in [3.63, 3.8) is 0 Å². The third kappa shape index (κ3) is 4.18. The summed E-state index contributed by atoms with van der Waals surface area (Å²) in [5.74, 6) is 0.744. The molecule has 5 heteroatoms. The lowest BCUT2D eigenvalue weighted by atomic mass is 9.83. The number of rotatable bonds is 6. The molecule has 0 aliphatic heterocycles. The van der Waals surface area contributed by atoms with Gasteiger partial charge in [-0.2, -0.15) is 5.10 Å². The molecular weight excluding hydrogens is 288 g/mol. The lowest BCUT2D eigenvalue weighted by molar-refractivity contribution is 0.203. The molecule has 1 aromatic carbocycles. The topological polar surface area (TPSA) is 63.0 Å². The summed E-state index contributed by atoms with van der Waals surface area (Å²) in [5.41, 5.74) is 2.27. The summed E-state index contributed by atoms with van der Waals surface area (Å²) in [6.07, 6.45) is 8.08. The van der Waals surface area contributed by atoms with Gasteiger partial charge in [-0.05, 0) is 49.3 Å². The number of aromatic nitrogens is 3. The van der Waals surface area contributed by atoms with E-state index in [1.807, 2.05) is 23.1 Å². The van der Waals surface area contributed by atoms with Crippen LogP contribution in [0.2, 0.25) is 0 Å². The second kappa shape index (κ2) is 7.70. The van der Waals surface area contributed by atoms with Crippen LogP contribution in [0.15, 0.2) is 36.9 Å². The monoisotopic (exact) mass is 314 g/mol. The first-order valence-corrected chi connectivity index (χ1v) is 8.52. The Morgan fingerprint density at radius 1 is 1.22 bits per heavy atom. The van der Waals surface area contributed by atoms with Crippen molar-refractivity contribution >= 4 is 0 Å². The molecule has 1 aromatic heterocycles. The second-order valence-electron chi connectivity index (χ2n) is 6.65. The molecule has 2 N–H and O–H groups in total. The third-order valence-electron chi connectivity index (χ3n) is 4.88. The van der Waals surface area contributed by atoms with E-state index >= 15 is 0 Å². The Kier molecular flexibility index (Phi) is 5.41. The van der Waals surface area contributed by atoms with Gasteiger partial charge in [0.1, 0.15) is 12.7 Å². The number of hydrogen-bond donors (Lipinski definition) is 2. The summed E-state index contributed by atoms with van der Waals surface area (Å²) in [6, 6.07) is 9.06. The maximum atomic E-state index is 9.09. The molecule has 0 saturated heterocycles. The first kappa shape index (κ1) is 16.1. The Morgan fingerprint density at radius 3 is 2.70 bits per heavy atom. The predicted octanol–water partition coefficient (Wildman–Crippen LogP) is 2.33. The summed E-state index contributed by atoms with van der Waals surface area (Å²) in [5, 5.41) is 17.2. The van der Waals surface area contributed by atoms with Crippen molar-refractivity contribution in [2.75, 3.05) is 6.54 Å². The van der Waals surface area contributed by atoms with E-state index in [0.29, 0.717) is 12.1 Å². The van der Waals surface area contributed by atoms with Gasteiger partial charge in [0, 0.05) is 6.04 Å². The fourth-order valence-electron chi connectivity index (χ4n) is 3.48. The SMILES string of the molecule is C[C@@H]1CC[C@H](NCCc2ccc(CO)cc2)[C@@H](n2cncn2)C1. The van der Waals surface area contributed by atoms with Crippen molar-refractivity contribution in [2.45, 2.75) is 51.3 Å². The molecule has 0 unspecified atom stereocenters. The molecule has 124 valence electrons. The molecule has 1 heterocycles. The van der Waals surface area contributed by atoms with Crippen molar-refractivity contribution in [1.29, 1.82) is 0 Å². The lowest BCUT2D eigenvalue weighted by Gasteiger charge is -2.35. The van der Waals surface area contributed by atoms with Crippen molar-refractivity contribution in [3.8, 4) is 0 Å². The lowest BCUT2D eigenvalue weighted by Crippen LogP contribution is -2.42. The summed E-state index contributed by atoms with van der Waals surface area (Å²) in [7, 11) is 0. The van der Waals surface area contributed by atoms with Gasteiger partial charge in [0.2, 0.25) is 0 Å². The minimum absolute atomic E-state index is 0.109. The zero-order valence-corrected chi connectivity index (χ0v) is 13.7. The molecule has 23 heavy (non-hydrogen) atoms. The van der Waals surface area contributed by atoms with Gasteiger partial charge in [0.25, 0.3) is 0 Å². The standard InChI is InChI=1S/C18H26N4O/c1-14-2-7-17(18(10-14)22-13-19-12-21-22)20-9-8-15-3-5-16(11-23)6-4-15/h3-6,12-14,17-18,20,23H,2,7-11H2,1H3/t14-,17+,18+/m1/s1. The zero-order chi connectivity index (χ0) is 16.1. The van der Waals surface area contributed by atoms with E-state index in [2.05, 4.69) is 34.5 Å². The van der Waals surface area contributed by atoms with Crippen LogP contribution < -0.4 is 5.32 Å². The Bertz CT molecular complexity index is 582. The minimum atomic E-state index is 0.109. The average Bonchev–Trinajstić information content (AvgIpc) is 3.11. The maximum absolute atomic E-state index is 9.09. The molecule has 0 spiro atoms. The first-order chi connectivity index (χ1) is 11.3. The van der Waals surface area contributed by atoms with E-state index in [1.165, 1.54) is 18.4 Å². The summed E-state index contributed by atoms with van der Waals surface area (Å²) in [4.78, 5) is 4.10. The average molecular weight is 314 g/mol. The molecule has 3 rings (SSSR count). The molecule has 0 amide bonds. The van der Waals surface area contributed by atoms with Crippen molar-refractivity contribution in [2.24, 2.45) is 5.92 Å². The van der Waals surface area contributed by atoms with Crippen molar-refractivity contribution in [1.82, 2.24) is 20.1 Å². The predicted molar refractivity (Wildman–Crippen MR) is 89.9 cm³/mol. The van der Waals surface area contributed by atoms with Gasteiger partial charge in [0.05, 0.1) is 12.6 Å². The van der Waals surface area contributed by atoms with Gasteiger partial charge in [-0.15, -0.1) is 0 Å². The van der Waals surface area contributed by atoms with E-state index in [0.717, 1.165) is 30.9 Å². The smallest absolute Gasteiger partial charge is 0.137 e. The fraction of sp³-hybridized carbons (Fsp3) is 0.556. The van der Waals surface area contributed by atoms with E-state index < -0.39 is 0 Å². The summed E-state index contributed by atoms with van der Waals surface area (Å²) >= 11 is 0. The quantitative estimate of drug-likeness (QED) is 0.859. The summed E-state index contributed by atoms with van der Waals surface area (Å²) in [6.45, 7) is 3.39. The zero-order valence-electron chi connectivity index (χ0n) is 13.7. The molecule has 5 nitrogen and oxygen atoms in total. The number of aliphatic hydroxyl groups is 1. The first-order valence-electron chi connectivity index (χ1n) is 8.52. The van der Waals surface area contributed by atoms with Gasteiger partial charge in [-0.1, -0.05) is 31.2 Å². The number of nitrogens with one attached hydrogen (secondary N) is 1. The second-order valence-corrected chi connectivity index (χ2v) is 6.65.